The van der Waals surface area contributed by atoms with E-state index in [0.717, 1.165) is 17.6 Å². The van der Waals surface area contributed by atoms with Crippen LogP contribution in [0.3, 0.4) is 0 Å². The number of pyridine rings is 1. The van der Waals surface area contributed by atoms with Gasteiger partial charge in [-0.05, 0) is 11.6 Å². The summed E-state index contributed by atoms with van der Waals surface area (Å²) in [5, 5.41) is 0. The van der Waals surface area contributed by atoms with Crippen LogP contribution in [0.15, 0.2) is 48.8 Å². The highest BCUT2D eigenvalue weighted by Crippen LogP contribution is 2.17. The largest absolute Gasteiger partial charge is 0.369 e. The summed E-state index contributed by atoms with van der Waals surface area (Å²) in [4.78, 5) is 8.42. The maximum atomic E-state index is 5.93. The molecule has 0 saturated carbocycles. The Morgan fingerprint density at radius 2 is 1.94 bits per heavy atom. The lowest BCUT2D eigenvalue weighted by Crippen LogP contribution is -2.04. The van der Waals surface area contributed by atoms with E-state index in [1.54, 1.807) is 12.4 Å². The molecule has 4 heteroatoms. The third-order valence-electron chi connectivity index (χ3n) is 2.76. The van der Waals surface area contributed by atoms with Crippen LogP contribution in [0.2, 0.25) is 0 Å². The second-order valence-electron chi connectivity index (χ2n) is 3.91. The lowest BCUT2D eigenvalue weighted by molar-refractivity contribution is 0.837. The molecule has 0 aliphatic heterocycles. The Hall–Kier alpha value is -2.36. The van der Waals surface area contributed by atoms with Gasteiger partial charge in [-0.15, -0.1) is 0 Å². The van der Waals surface area contributed by atoms with Gasteiger partial charge in [0.2, 0.25) is 5.95 Å². The van der Waals surface area contributed by atoms with Crippen molar-refractivity contribution in [3.63, 3.8) is 0 Å². The number of imidazole rings is 1. The van der Waals surface area contributed by atoms with Crippen molar-refractivity contribution in [1.29, 1.82) is 0 Å². The van der Waals surface area contributed by atoms with Crippen molar-refractivity contribution in [3.8, 4) is 0 Å². The number of benzene rings is 1. The molecule has 0 aliphatic rings. The Kier molecular flexibility index (Phi) is 2.26. The van der Waals surface area contributed by atoms with Gasteiger partial charge in [0, 0.05) is 6.20 Å². The molecule has 1 aromatic carbocycles. The number of nitrogens with zero attached hydrogens (tertiary/aromatic N) is 3. The first-order valence-electron chi connectivity index (χ1n) is 5.44. The number of rotatable bonds is 2. The van der Waals surface area contributed by atoms with Gasteiger partial charge in [0.1, 0.15) is 0 Å². The molecule has 3 rings (SSSR count). The number of hydrogen-bond donors (Lipinski definition) is 1. The first-order valence-corrected chi connectivity index (χ1v) is 5.44. The van der Waals surface area contributed by atoms with Crippen molar-refractivity contribution >= 4 is 17.0 Å². The summed E-state index contributed by atoms with van der Waals surface area (Å²) in [5.74, 6) is 0.525. The quantitative estimate of drug-likeness (QED) is 0.724. The van der Waals surface area contributed by atoms with Gasteiger partial charge in [-0.1, -0.05) is 30.3 Å². The van der Waals surface area contributed by atoms with Crippen molar-refractivity contribution in [1.82, 2.24) is 14.5 Å². The summed E-state index contributed by atoms with van der Waals surface area (Å²) in [6.45, 7) is 0.717. The van der Waals surface area contributed by atoms with Crippen LogP contribution >= 0.6 is 0 Å². The zero-order valence-electron chi connectivity index (χ0n) is 9.24. The minimum atomic E-state index is 0.525. The monoisotopic (exact) mass is 224 g/mol. The standard InChI is InChI=1S/C13H12N4/c14-13-16-11-6-7-15-8-12(11)17(13)9-10-4-2-1-3-5-10/h1-8H,9H2,(H2,14,16). The number of aromatic nitrogens is 3. The molecule has 0 spiro atoms. The van der Waals surface area contributed by atoms with E-state index in [1.165, 1.54) is 5.56 Å². The van der Waals surface area contributed by atoms with E-state index in [4.69, 9.17) is 5.73 Å². The van der Waals surface area contributed by atoms with Crippen molar-refractivity contribution in [3.05, 3.63) is 54.4 Å². The van der Waals surface area contributed by atoms with Crippen LogP contribution in [0.4, 0.5) is 5.95 Å². The lowest BCUT2D eigenvalue weighted by atomic mass is 10.2. The number of hydrogen-bond acceptors (Lipinski definition) is 3. The fourth-order valence-electron chi connectivity index (χ4n) is 1.92. The number of anilines is 1. The van der Waals surface area contributed by atoms with Crippen molar-refractivity contribution in [2.45, 2.75) is 6.54 Å². The SMILES string of the molecule is Nc1nc2ccncc2n1Cc1ccccc1. The Bertz CT molecular complexity index is 643. The maximum absolute atomic E-state index is 5.93. The van der Waals surface area contributed by atoms with E-state index in [0.29, 0.717) is 5.95 Å². The fraction of sp³-hybridized carbons (Fsp3) is 0.0769. The molecule has 0 atom stereocenters. The van der Waals surface area contributed by atoms with Gasteiger partial charge in [0.15, 0.2) is 0 Å². The van der Waals surface area contributed by atoms with Gasteiger partial charge in [-0.3, -0.25) is 4.98 Å². The van der Waals surface area contributed by atoms with Crippen LogP contribution in [0.1, 0.15) is 5.56 Å². The Morgan fingerprint density at radius 3 is 2.76 bits per heavy atom. The molecule has 2 aromatic heterocycles. The van der Waals surface area contributed by atoms with Crippen LogP contribution in [0.25, 0.3) is 11.0 Å². The molecule has 0 fully saturated rings. The smallest absolute Gasteiger partial charge is 0.201 e. The molecule has 2 N–H and O–H groups in total. The third-order valence-corrected chi connectivity index (χ3v) is 2.76. The molecule has 0 radical (unpaired) electrons. The van der Waals surface area contributed by atoms with Gasteiger partial charge < -0.3 is 10.3 Å². The predicted octanol–water partition coefficient (Wildman–Crippen LogP) is 2.06. The molecular formula is C13H12N4. The Balaban J connectivity index is 2.08. The molecule has 4 nitrogen and oxygen atoms in total. The van der Waals surface area contributed by atoms with E-state index < -0.39 is 0 Å². The van der Waals surface area contributed by atoms with Crippen LogP contribution in [0.5, 0.6) is 0 Å². The average Bonchev–Trinajstić information content (AvgIpc) is 2.68. The average molecular weight is 224 g/mol. The molecule has 0 bridgehead atoms. The van der Waals surface area contributed by atoms with E-state index in [1.807, 2.05) is 28.8 Å². The third kappa shape index (κ3) is 1.73. The van der Waals surface area contributed by atoms with Crippen molar-refractivity contribution in [2.75, 3.05) is 5.73 Å². The van der Waals surface area contributed by atoms with Crippen molar-refractivity contribution in [2.24, 2.45) is 0 Å². The van der Waals surface area contributed by atoms with E-state index >= 15 is 0 Å². The summed E-state index contributed by atoms with van der Waals surface area (Å²) in [5.41, 5.74) is 8.97. The highest BCUT2D eigenvalue weighted by molar-refractivity contribution is 5.77. The Morgan fingerprint density at radius 1 is 1.12 bits per heavy atom. The molecular weight excluding hydrogens is 212 g/mol. The van der Waals surface area contributed by atoms with Gasteiger partial charge >= 0.3 is 0 Å². The topological polar surface area (TPSA) is 56.7 Å². The van der Waals surface area contributed by atoms with Crippen molar-refractivity contribution < 1.29 is 0 Å². The van der Waals surface area contributed by atoms with Crippen LogP contribution in [-0.2, 0) is 6.54 Å². The summed E-state index contributed by atoms with van der Waals surface area (Å²) < 4.78 is 1.97. The molecule has 0 saturated heterocycles. The zero-order chi connectivity index (χ0) is 11.7. The minimum Gasteiger partial charge on any atom is -0.369 e. The van der Waals surface area contributed by atoms with Gasteiger partial charge in [-0.2, -0.15) is 0 Å². The van der Waals surface area contributed by atoms with Crippen LogP contribution in [-0.4, -0.2) is 14.5 Å². The number of nitrogen functional groups attached to an aromatic ring is 1. The second-order valence-corrected chi connectivity index (χ2v) is 3.91. The fourth-order valence-corrected chi connectivity index (χ4v) is 1.92. The van der Waals surface area contributed by atoms with Gasteiger partial charge in [0.05, 0.1) is 23.8 Å². The predicted molar refractivity (Wildman–Crippen MR) is 67.5 cm³/mol. The lowest BCUT2D eigenvalue weighted by Gasteiger charge is -2.05. The highest BCUT2D eigenvalue weighted by Gasteiger charge is 2.07. The molecule has 2 heterocycles. The molecule has 0 unspecified atom stereocenters. The highest BCUT2D eigenvalue weighted by atomic mass is 15.2. The van der Waals surface area contributed by atoms with E-state index in [9.17, 15) is 0 Å². The maximum Gasteiger partial charge on any atom is 0.201 e. The van der Waals surface area contributed by atoms with Gasteiger partial charge in [-0.25, -0.2) is 4.98 Å². The molecule has 3 aromatic rings. The summed E-state index contributed by atoms with van der Waals surface area (Å²) in [6, 6.07) is 12.0. The first-order chi connectivity index (χ1) is 8.34. The van der Waals surface area contributed by atoms with E-state index in [-0.39, 0.29) is 0 Å². The molecule has 17 heavy (non-hydrogen) atoms. The summed E-state index contributed by atoms with van der Waals surface area (Å²) in [7, 11) is 0. The normalized spacial score (nSPS) is 10.8. The van der Waals surface area contributed by atoms with Crippen LogP contribution < -0.4 is 5.73 Å². The van der Waals surface area contributed by atoms with Gasteiger partial charge in [0.25, 0.3) is 0 Å². The van der Waals surface area contributed by atoms with E-state index in [2.05, 4.69) is 22.1 Å². The minimum absolute atomic E-state index is 0.525. The molecule has 84 valence electrons. The summed E-state index contributed by atoms with van der Waals surface area (Å²) in [6.07, 6.45) is 3.52. The molecule has 0 aliphatic carbocycles. The number of nitrogens with two attached hydrogens (primary N) is 1. The number of fused-ring (bicyclic) bond motifs is 1. The second kappa shape index (κ2) is 3.90. The summed E-state index contributed by atoms with van der Waals surface area (Å²) >= 11 is 0. The Labute approximate surface area is 98.7 Å². The van der Waals surface area contributed by atoms with Crippen LogP contribution in [0, 0.1) is 0 Å². The first kappa shape index (κ1) is 9.84. The molecule has 0 amide bonds. The zero-order valence-corrected chi connectivity index (χ0v) is 9.24.